The summed E-state index contributed by atoms with van der Waals surface area (Å²) in [5, 5.41) is 14.8. The van der Waals surface area contributed by atoms with Crippen LogP contribution < -0.4 is 5.32 Å². The van der Waals surface area contributed by atoms with Crippen molar-refractivity contribution in [1.82, 2.24) is 0 Å². The molecule has 1 N–H and O–H groups in total. The summed E-state index contributed by atoms with van der Waals surface area (Å²) in [4.78, 5) is 0. The molecule has 0 spiro atoms. The van der Waals surface area contributed by atoms with Crippen LogP contribution in [0.25, 0.3) is 10.8 Å². The third kappa shape index (κ3) is 2.91. The maximum atomic E-state index is 8.89. The van der Waals surface area contributed by atoms with Crippen LogP contribution in [-0.4, -0.2) is 0 Å². The Hall–Kier alpha value is -2.31. The van der Waals surface area contributed by atoms with Crippen LogP contribution in [0.1, 0.15) is 11.1 Å². The van der Waals surface area contributed by atoms with Crippen molar-refractivity contribution in [2.24, 2.45) is 0 Å². The van der Waals surface area contributed by atoms with E-state index in [4.69, 9.17) is 5.26 Å². The lowest BCUT2D eigenvalue weighted by Crippen LogP contribution is -2.00. The summed E-state index contributed by atoms with van der Waals surface area (Å²) in [6.45, 7) is 0.742. The molecule has 0 aliphatic heterocycles. The average Bonchev–Trinajstić information content (AvgIpc) is 2.53. The summed E-state index contributed by atoms with van der Waals surface area (Å²) >= 11 is 3.50. The van der Waals surface area contributed by atoms with Crippen molar-refractivity contribution >= 4 is 32.4 Å². The average molecular weight is 337 g/mol. The highest BCUT2D eigenvalue weighted by Crippen LogP contribution is 2.25. The molecule has 0 unspecified atom stereocenters. The number of nitrogens with one attached hydrogen (secondary N) is 1. The zero-order chi connectivity index (χ0) is 14.7. The molecule has 3 aromatic rings. The van der Waals surface area contributed by atoms with Gasteiger partial charge in [-0.25, -0.2) is 0 Å². The van der Waals surface area contributed by atoms with Gasteiger partial charge in [0.1, 0.15) is 0 Å². The Balaban J connectivity index is 1.86. The molecule has 0 radical (unpaired) electrons. The van der Waals surface area contributed by atoms with Crippen LogP contribution in [0, 0.1) is 11.3 Å². The smallest absolute Gasteiger partial charge is 0.0992 e. The van der Waals surface area contributed by atoms with E-state index in [1.165, 1.54) is 16.3 Å². The molecular formula is C18H13BrN2. The first-order chi connectivity index (χ1) is 10.3. The second-order valence-corrected chi connectivity index (χ2v) is 5.65. The van der Waals surface area contributed by atoms with Crippen LogP contribution in [0.2, 0.25) is 0 Å². The number of hydrogen-bond acceptors (Lipinski definition) is 2. The molecule has 21 heavy (non-hydrogen) atoms. The van der Waals surface area contributed by atoms with Crippen LogP contribution in [0.15, 0.2) is 65.1 Å². The standard InChI is InChI=1S/C18H13BrN2/c19-17-10-13(11-20)8-9-18(17)21-12-15-6-3-5-14-4-1-2-7-16(14)15/h1-10,21H,12H2. The van der Waals surface area contributed by atoms with E-state index < -0.39 is 0 Å². The van der Waals surface area contributed by atoms with Gasteiger partial charge >= 0.3 is 0 Å². The van der Waals surface area contributed by atoms with E-state index in [0.29, 0.717) is 5.56 Å². The molecule has 0 saturated carbocycles. The molecule has 0 aliphatic carbocycles. The fraction of sp³-hybridized carbons (Fsp3) is 0.0556. The largest absolute Gasteiger partial charge is 0.380 e. The Kier molecular flexibility index (Phi) is 3.89. The predicted molar refractivity (Wildman–Crippen MR) is 90.1 cm³/mol. The van der Waals surface area contributed by atoms with Gasteiger partial charge in [0.15, 0.2) is 0 Å². The lowest BCUT2D eigenvalue weighted by Gasteiger charge is -2.11. The molecular weight excluding hydrogens is 324 g/mol. The van der Waals surface area contributed by atoms with Gasteiger partial charge in [-0.3, -0.25) is 0 Å². The fourth-order valence-electron chi connectivity index (χ4n) is 2.37. The van der Waals surface area contributed by atoms with Crippen molar-refractivity contribution in [3.8, 4) is 6.07 Å². The van der Waals surface area contributed by atoms with E-state index in [1.54, 1.807) is 0 Å². The van der Waals surface area contributed by atoms with Crippen molar-refractivity contribution in [2.75, 3.05) is 5.32 Å². The van der Waals surface area contributed by atoms with E-state index in [9.17, 15) is 0 Å². The summed E-state index contributed by atoms with van der Waals surface area (Å²) in [6.07, 6.45) is 0. The van der Waals surface area contributed by atoms with E-state index >= 15 is 0 Å². The summed E-state index contributed by atoms with van der Waals surface area (Å²) < 4.78 is 0.904. The molecule has 0 atom stereocenters. The summed E-state index contributed by atoms with van der Waals surface area (Å²) in [6, 6.07) is 22.4. The van der Waals surface area contributed by atoms with E-state index in [1.807, 2.05) is 18.2 Å². The van der Waals surface area contributed by atoms with Gasteiger partial charge in [-0.15, -0.1) is 0 Å². The van der Waals surface area contributed by atoms with E-state index in [0.717, 1.165) is 16.7 Å². The number of benzene rings is 3. The topological polar surface area (TPSA) is 35.8 Å². The Morgan fingerprint density at radius 3 is 2.62 bits per heavy atom. The molecule has 0 fully saturated rings. The van der Waals surface area contributed by atoms with Gasteiger partial charge in [-0.2, -0.15) is 5.26 Å². The van der Waals surface area contributed by atoms with E-state index in [2.05, 4.69) is 69.8 Å². The summed E-state index contributed by atoms with van der Waals surface area (Å²) in [7, 11) is 0. The first-order valence-corrected chi connectivity index (χ1v) is 7.47. The highest BCUT2D eigenvalue weighted by Gasteiger charge is 2.03. The molecule has 3 aromatic carbocycles. The quantitative estimate of drug-likeness (QED) is 0.723. The van der Waals surface area contributed by atoms with Crippen molar-refractivity contribution in [3.63, 3.8) is 0 Å². The number of nitrogens with zero attached hydrogens (tertiary/aromatic N) is 1. The van der Waals surface area contributed by atoms with Crippen molar-refractivity contribution in [1.29, 1.82) is 5.26 Å². The fourth-order valence-corrected chi connectivity index (χ4v) is 2.88. The number of fused-ring (bicyclic) bond motifs is 1. The van der Waals surface area contributed by atoms with E-state index in [-0.39, 0.29) is 0 Å². The molecule has 0 heterocycles. The highest BCUT2D eigenvalue weighted by atomic mass is 79.9. The second kappa shape index (κ2) is 5.99. The lowest BCUT2D eigenvalue weighted by molar-refractivity contribution is 1.16. The van der Waals surface area contributed by atoms with Gasteiger partial charge in [-0.1, -0.05) is 42.5 Å². The Morgan fingerprint density at radius 2 is 1.81 bits per heavy atom. The van der Waals surface area contributed by atoms with Crippen LogP contribution in [0.4, 0.5) is 5.69 Å². The van der Waals surface area contributed by atoms with Gasteiger partial charge in [0, 0.05) is 16.7 Å². The Morgan fingerprint density at radius 1 is 1.00 bits per heavy atom. The van der Waals surface area contributed by atoms with Crippen LogP contribution in [-0.2, 0) is 6.54 Å². The third-order valence-electron chi connectivity index (χ3n) is 3.45. The van der Waals surface area contributed by atoms with Crippen molar-refractivity contribution < 1.29 is 0 Å². The molecule has 0 aliphatic rings. The van der Waals surface area contributed by atoms with Gasteiger partial charge in [-0.05, 0) is 50.5 Å². The van der Waals surface area contributed by atoms with Gasteiger partial charge in [0.05, 0.1) is 11.6 Å². The van der Waals surface area contributed by atoms with Crippen LogP contribution in [0.5, 0.6) is 0 Å². The number of anilines is 1. The number of hydrogen-bond donors (Lipinski definition) is 1. The first-order valence-electron chi connectivity index (χ1n) is 6.68. The minimum absolute atomic E-state index is 0.651. The zero-order valence-electron chi connectivity index (χ0n) is 11.3. The van der Waals surface area contributed by atoms with Crippen LogP contribution >= 0.6 is 15.9 Å². The molecule has 0 bridgehead atoms. The third-order valence-corrected chi connectivity index (χ3v) is 4.10. The molecule has 2 nitrogen and oxygen atoms in total. The number of halogens is 1. The maximum absolute atomic E-state index is 8.89. The number of rotatable bonds is 3. The van der Waals surface area contributed by atoms with Crippen molar-refractivity contribution in [3.05, 3.63) is 76.3 Å². The maximum Gasteiger partial charge on any atom is 0.0992 e. The Bertz CT molecular complexity index is 829. The lowest BCUT2D eigenvalue weighted by atomic mass is 10.0. The van der Waals surface area contributed by atoms with Gasteiger partial charge < -0.3 is 5.32 Å². The molecule has 3 heteroatoms. The molecule has 102 valence electrons. The molecule has 0 aromatic heterocycles. The molecule has 0 amide bonds. The van der Waals surface area contributed by atoms with Gasteiger partial charge in [0.2, 0.25) is 0 Å². The monoisotopic (exact) mass is 336 g/mol. The zero-order valence-corrected chi connectivity index (χ0v) is 12.9. The summed E-state index contributed by atoms with van der Waals surface area (Å²) in [5.74, 6) is 0. The minimum Gasteiger partial charge on any atom is -0.380 e. The normalized spacial score (nSPS) is 10.3. The summed E-state index contributed by atoms with van der Waals surface area (Å²) in [5.41, 5.74) is 2.89. The number of nitriles is 1. The molecule has 0 saturated heterocycles. The van der Waals surface area contributed by atoms with Crippen LogP contribution in [0.3, 0.4) is 0 Å². The molecule has 3 rings (SSSR count). The first kappa shape index (κ1) is 13.7. The predicted octanol–water partition coefficient (Wildman–Crippen LogP) is 5.09. The minimum atomic E-state index is 0.651. The second-order valence-electron chi connectivity index (χ2n) is 4.80. The highest BCUT2D eigenvalue weighted by molar-refractivity contribution is 9.10. The van der Waals surface area contributed by atoms with Gasteiger partial charge in [0.25, 0.3) is 0 Å². The SMILES string of the molecule is N#Cc1ccc(NCc2cccc3ccccc23)c(Br)c1. The Labute approximate surface area is 132 Å². The van der Waals surface area contributed by atoms with Crippen molar-refractivity contribution in [2.45, 2.75) is 6.54 Å².